The Morgan fingerprint density at radius 2 is 1.75 bits per heavy atom. The average Bonchev–Trinajstić information content (AvgIpc) is 3.13. The van der Waals surface area contributed by atoms with Crippen molar-refractivity contribution in [1.82, 2.24) is 19.5 Å². The summed E-state index contributed by atoms with van der Waals surface area (Å²) in [5.41, 5.74) is -2.40. The van der Waals surface area contributed by atoms with Gasteiger partial charge in [-0.05, 0) is 24.3 Å². The molecular weight excluding hydrogens is 434 g/mol. The van der Waals surface area contributed by atoms with Crippen molar-refractivity contribution in [3.63, 3.8) is 0 Å². The number of pyridine rings is 1. The Hall–Kier alpha value is -2.60. The first-order valence-corrected chi connectivity index (χ1v) is 8.51. The van der Waals surface area contributed by atoms with Gasteiger partial charge in [-0.15, -0.1) is 0 Å². The number of aromatic amines is 1. The van der Waals surface area contributed by atoms with Crippen LogP contribution in [0.2, 0.25) is 5.02 Å². The number of alkyl halides is 6. The second-order valence-corrected chi connectivity index (χ2v) is 7.04. The molecule has 0 aliphatic carbocycles. The molecule has 4 rings (SSSR count). The molecule has 0 saturated heterocycles. The number of hydrogen-bond acceptors (Lipinski definition) is 4. The van der Waals surface area contributed by atoms with E-state index in [4.69, 9.17) is 11.6 Å². The molecule has 0 atom stereocenters. The predicted molar refractivity (Wildman–Crippen MR) is 89.9 cm³/mol. The topological polar surface area (TPSA) is 63.6 Å². The van der Waals surface area contributed by atoms with Gasteiger partial charge in [-0.2, -0.15) is 26.3 Å². The molecule has 4 aromatic rings. The second kappa shape index (κ2) is 5.95. The van der Waals surface area contributed by atoms with E-state index in [1.165, 1.54) is 6.07 Å². The fraction of sp³-hybridized carbons (Fsp3) is 0.133. The highest BCUT2D eigenvalue weighted by atomic mass is 35.5. The zero-order valence-electron chi connectivity index (χ0n) is 13.1. The zero-order valence-corrected chi connectivity index (χ0v) is 14.7. The third kappa shape index (κ3) is 3.02. The standard InChI is InChI=1S/C15H5ClF6N4OS/c16-6-3-5(4-8-10(6)25-13(27)28-8)26-11-7(23-12(26)15(20,21)22)1-2-9(24-11)14(17,18)19/h1-4H,(H,25,27). The van der Waals surface area contributed by atoms with E-state index in [1.54, 1.807) is 0 Å². The molecule has 0 fully saturated rings. The summed E-state index contributed by atoms with van der Waals surface area (Å²) in [5, 5.41) is -0.0761. The molecule has 1 N–H and O–H groups in total. The summed E-state index contributed by atoms with van der Waals surface area (Å²) in [5.74, 6) is -1.47. The lowest BCUT2D eigenvalue weighted by atomic mass is 10.2. The van der Waals surface area contributed by atoms with Crippen LogP contribution in [0.1, 0.15) is 11.5 Å². The maximum absolute atomic E-state index is 13.5. The molecule has 13 heteroatoms. The summed E-state index contributed by atoms with van der Waals surface area (Å²) in [4.78, 5) is 20.2. The van der Waals surface area contributed by atoms with E-state index in [9.17, 15) is 31.1 Å². The van der Waals surface area contributed by atoms with Crippen LogP contribution in [0.25, 0.3) is 27.1 Å². The van der Waals surface area contributed by atoms with E-state index in [-0.39, 0.29) is 26.4 Å². The molecule has 3 heterocycles. The van der Waals surface area contributed by atoms with Crippen LogP contribution in [0.5, 0.6) is 0 Å². The first kappa shape index (κ1) is 18.7. The molecule has 1 aromatic carbocycles. The summed E-state index contributed by atoms with van der Waals surface area (Å²) in [6.07, 6.45) is -9.84. The summed E-state index contributed by atoms with van der Waals surface area (Å²) >= 11 is 6.73. The molecular formula is C15H5ClF6N4OS. The molecule has 0 aliphatic heterocycles. The fourth-order valence-electron chi connectivity index (χ4n) is 2.68. The average molecular weight is 439 g/mol. The first-order valence-electron chi connectivity index (χ1n) is 7.32. The van der Waals surface area contributed by atoms with Gasteiger partial charge in [0.25, 0.3) is 0 Å². The van der Waals surface area contributed by atoms with Crippen molar-refractivity contribution >= 4 is 44.3 Å². The molecule has 0 radical (unpaired) electrons. The number of imidazole rings is 1. The largest absolute Gasteiger partial charge is 0.450 e. The summed E-state index contributed by atoms with van der Waals surface area (Å²) < 4.78 is 80.2. The van der Waals surface area contributed by atoms with E-state index in [0.29, 0.717) is 22.0 Å². The van der Waals surface area contributed by atoms with Gasteiger partial charge in [0.2, 0.25) is 5.82 Å². The van der Waals surface area contributed by atoms with Crippen molar-refractivity contribution in [1.29, 1.82) is 0 Å². The lowest BCUT2D eigenvalue weighted by Crippen LogP contribution is -2.14. The Labute approximate surface area is 159 Å². The molecule has 5 nitrogen and oxygen atoms in total. The van der Waals surface area contributed by atoms with Crippen LogP contribution in [-0.2, 0) is 12.4 Å². The van der Waals surface area contributed by atoms with Gasteiger partial charge in [0, 0.05) is 0 Å². The maximum Gasteiger partial charge on any atom is 0.450 e. The highest BCUT2D eigenvalue weighted by molar-refractivity contribution is 7.16. The number of aromatic nitrogens is 4. The monoisotopic (exact) mass is 438 g/mol. The Bertz CT molecular complexity index is 1290. The molecule has 0 aliphatic rings. The molecule has 0 saturated carbocycles. The maximum atomic E-state index is 13.5. The molecule has 0 amide bonds. The van der Waals surface area contributed by atoms with E-state index in [2.05, 4.69) is 15.0 Å². The van der Waals surface area contributed by atoms with E-state index < -0.39 is 34.4 Å². The Morgan fingerprint density at radius 3 is 2.39 bits per heavy atom. The van der Waals surface area contributed by atoms with E-state index in [1.807, 2.05) is 0 Å². The fourth-order valence-corrected chi connectivity index (χ4v) is 3.79. The zero-order chi connectivity index (χ0) is 20.4. The van der Waals surface area contributed by atoms with E-state index in [0.717, 1.165) is 12.1 Å². The Morgan fingerprint density at radius 1 is 1.04 bits per heavy atom. The number of fused-ring (bicyclic) bond motifs is 2. The van der Waals surface area contributed by atoms with Crippen molar-refractivity contribution in [2.45, 2.75) is 12.4 Å². The number of hydrogen-bond donors (Lipinski definition) is 1. The molecule has 0 bridgehead atoms. The smallest absolute Gasteiger partial charge is 0.311 e. The van der Waals surface area contributed by atoms with Gasteiger partial charge in [0.05, 0.1) is 20.9 Å². The van der Waals surface area contributed by atoms with Crippen molar-refractivity contribution in [2.75, 3.05) is 0 Å². The number of H-pyrrole nitrogens is 1. The number of thiazole rings is 1. The number of nitrogens with zero attached hydrogens (tertiary/aromatic N) is 3. The van der Waals surface area contributed by atoms with Crippen molar-refractivity contribution in [2.24, 2.45) is 0 Å². The normalized spacial score (nSPS) is 13.0. The second-order valence-electron chi connectivity index (χ2n) is 5.62. The van der Waals surface area contributed by atoms with Crippen LogP contribution in [-0.4, -0.2) is 19.5 Å². The van der Waals surface area contributed by atoms with Gasteiger partial charge in [-0.25, -0.2) is 9.97 Å². The third-order valence-corrected chi connectivity index (χ3v) is 4.90. The molecule has 3 aromatic heterocycles. The summed E-state index contributed by atoms with van der Waals surface area (Å²) in [6, 6.07) is 3.65. The van der Waals surface area contributed by atoms with Crippen LogP contribution in [0.15, 0.2) is 29.1 Å². The minimum Gasteiger partial charge on any atom is -0.311 e. The highest BCUT2D eigenvalue weighted by Gasteiger charge is 2.40. The lowest BCUT2D eigenvalue weighted by molar-refractivity contribution is -0.145. The summed E-state index contributed by atoms with van der Waals surface area (Å²) in [7, 11) is 0. The first-order chi connectivity index (χ1) is 12.9. The Kier molecular flexibility index (Phi) is 3.98. The SMILES string of the molecule is O=c1[nH]c2c(Cl)cc(-n3c(C(F)(F)F)nc4ccc(C(F)(F)F)nc43)cc2s1. The van der Waals surface area contributed by atoms with E-state index >= 15 is 0 Å². The van der Waals surface area contributed by atoms with Crippen LogP contribution < -0.4 is 4.87 Å². The van der Waals surface area contributed by atoms with Crippen LogP contribution in [0.3, 0.4) is 0 Å². The number of rotatable bonds is 1. The Balaban J connectivity index is 2.10. The van der Waals surface area contributed by atoms with Crippen LogP contribution in [0.4, 0.5) is 26.3 Å². The molecule has 0 unspecified atom stereocenters. The number of halogens is 7. The predicted octanol–water partition coefficient (Wildman–Crippen LogP) is 5.01. The van der Waals surface area contributed by atoms with Gasteiger partial charge >= 0.3 is 17.2 Å². The van der Waals surface area contributed by atoms with Crippen molar-refractivity contribution in [3.8, 4) is 5.69 Å². The van der Waals surface area contributed by atoms with Gasteiger partial charge < -0.3 is 4.98 Å². The van der Waals surface area contributed by atoms with Gasteiger partial charge in [-0.3, -0.25) is 9.36 Å². The van der Waals surface area contributed by atoms with Crippen LogP contribution >= 0.6 is 22.9 Å². The van der Waals surface area contributed by atoms with Gasteiger partial charge in [-0.1, -0.05) is 22.9 Å². The highest BCUT2D eigenvalue weighted by Crippen LogP contribution is 2.37. The van der Waals surface area contributed by atoms with Gasteiger partial charge in [0.15, 0.2) is 5.65 Å². The minimum atomic E-state index is -4.98. The molecule has 28 heavy (non-hydrogen) atoms. The van der Waals surface area contributed by atoms with Crippen LogP contribution in [0, 0.1) is 0 Å². The number of benzene rings is 1. The molecule has 0 spiro atoms. The lowest BCUT2D eigenvalue weighted by Gasteiger charge is -2.12. The quantitative estimate of drug-likeness (QED) is 0.425. The summed E-state index contributed by atoms with van der Waals surface area (Å²) in [6.45, 7) is 0. The van der Waals surface area contributed by atoms with Gasteiger partial charge in [0.1, 0.15) is 11.2 Å². The third-order valence-electron chi connectivity index (χ3n) is 3.78. The minimum absolute atomic E-state index is 0.0761. The van der Waals surface area contributed by atoms with Crippen molar-refractivity contribution in [3.05, 3.63) is 50.5 Å². The number of nitrogens with one attached hydrogen (secondary N) is 1. The molecule has 146 valence electrons. The van der Waals surface area contributed by atoms with Crippen molar-refractivity contribution < 1.29 is 26.3 Å².